The van der Waals surface area contributed by atoms with Crippen LogP contribution in [0, 0.1) is 5.82 Å². The number of nitrogens with one attached hydrogen (secondary N) is 1. The number of thioether (sulfide) groups is 1. The Morgan fingerprint density at radius 2 is 1.88 bits per heavy atom. The summed E-state index contributed by atoms with van der Waals surface area (Å²) >= 11 is 1.26. The molecule has 2 aromatic rings. The van der Waals surface area contributed by atoms with E-state index in [0.717, 1.165) is 17.7 Å². The second kappa shape index (κ2) is 7.98. The van der Waals surface area contributed by atoms with Crippen molar-refractivity contribution in [2.24, 2.45) is 4.99 Å². The summed E-state index contributed by atoms with van der Waals surface area (Å²) in [6, 6.07) is 13.4. The number of amidine groups is 1. The number of nitrogens with zero attached hydrogens (tertiary/aromatic N) is 1. The standard InChI is InChI=1S/C19H17FN2O2S/c1-2-11-24-16-9-3-13(4-10-16)12-17-18(23)22-19(25-17)21-15-7-5-14(20)6-8-15/h3-10,12H,2,11H2,1H3,(H,21,22,23)/b17-12-. The van der Waals surface area contributed by atoms with E-state index in [1.165, 1.54) is 23.9 Å². The number of benzene rings is 2. The molecule has 6 heteroatoms. The third kappa shape index (κ3) is 4.70. The van der Waals surface area contributed by atoms with Crippen molar-refractivity contribution in [3.63, 3.8) is 0 Å². The van der Waals surface area contributed by atoms with Gasteiger partial charge in [0, 0.05) is 0 Å². The summed E-state index contributed by atoms with van der Waals surface area (Å²) in [5.41, 5.74) is 1.49. The summed E-state index contributed by atoms with van der Waals surface area (Å²) in [6.45, 7) is 2.74. The van der Waals surface area contributed by atoms with Crippen molar-refractivity contribution < 1.29 is 13.9 Å². The molecule has 2 aromatic carbocycles. The first-order valence-electron chi connectivity index (χ1n) is 7.92. The molecule has 1 heterocycles. The van der Waals surface area contributed by atoms with Gasteiger partial charge in [-0.3, -0.25) is 4.79 Å². The molecule has 1 aliphatic heterocycles. The van der Waals surface area contributed by atoms with E-state index < -0.39 is 0 Å². The molecule has 0 radical (unpaired) electrons. The zero-order valence-corrected chi connectivity index (χ0v) is 14.5. The van der Waals surface area contributed by atoms with Crippen molar-refractivity contribution in [1.29, 1.82) is 0 Å². The SMILES string of the molecule is CCCOc1ccc(/C=C2\SC(=Nc3ccc(F)cc3)NC2=O)cc1. The molecule has 25 heavy (non-hydrogen) atoms. The third-order valence-electron chi connectivity index (χ3n) is 3.36. The van der Waals surface area contributed by atoms with Gasteiger partial charge in [0.2, 0.25) is 0 Å². The van der Waals surface area contributed by atoms with Gasteiger partial charge >= 0.3 is 0 Å². The zero-order chi connectivity index (χ0) is 17.6. The second-order valence-corrected chi connectivity index (χ2v) is 6.41. The molecule has 1 N–H and O–H groups in total. The summed E-state index contributed by atoms with van der Waals surface area (Å²) in [4.78, 5) is 16.9. The normalized spacial score (nSPS) is 17.1. The molecule has 0 saturated carbocycles. The molecule has 0 aromatic heterocycles. The fourth-order valence-electron chi connectivity index (χ4n) is 2.14. The highest BCUT2D eigenvalue weighted by molar-refractivity contribution is 8.18. The van der Waals surface area contributed by atoms with Gasteiger partial charge in [-0.25, -0.2) is 9.38 Å². The molecule has 1 fully saturated rings. The van der Waals surface area contributed by atoms with Crippen molar-refractivity contribution in [2.75, 3.05) is 6.61 Å². The third-order valence-corrected chi connectivity index (χ3v) is 4.27. The maximum absolute atomic E-state index is 12.9. The molecule has 1 amide bonds. The first-order chi connectivity index (χ1) is 12.1. The van der Waals surface area contributed by atoms with E-state index in [1.54, 1.807) is 18.2 Å². The number of halogens is 1. The van der Waals surface area contributed by atoms with Crippen LogP contribution in [0.4, 0.5) is 10.1 Å². The molecule has 1 aliphatic rings. The fourth-order valence-corrected chi connectivity index (χ4v) is 2.99. The number of rotatable bonds is 5. The van der Waals surface area contributed by atoms with Crippen molar-refractivity contribution in [3.8, 4) is 5.75 Å². The lowest BCUT2D eigenvalue weighted by Gasteiger charge is -2.04. The van der Waals surface area contributed by atoms with E-state index >= 15 is 0 Å². The first kappa shape index (κ1) is 17.2. The molecule has 0 aliphatic carbocycles. The highest BCUT2D eigenvalue weighted by Gasteiger charge is 2.23. The maximum atomic E-state index is 12.9. The van der Waals surface area contributed by atoms with Crippen molar-refractivity contribution in [3.05, 3.63) is 64.8 Å². The summed E-state index contributed by atoms with van der Waals surface area (Å²) in [5, 5.41) is 3.19. The maximum Gasteiger partial charge on any atom is 0.264 e. The Bertz CT molecular complexity index is 814. The van der Waals surface area contributed by atoms with E-state index in [0.29, 0.717) is 22.4 Å². The summed E-state index contributed by atoms with van der Waals surface area (Å²) in [5.74, 6) is 0.294. The van der Waals surface area contributed by atoms with Crippen molar-refractivity contribution in [2.45, 2.75) is 13.3 Å². The van der Waals surface area contributed by atoms with Crippen LogP contribution in [-0.2, 0) is 4.79 Å². The molecule has 0 spiro atoms. The van der Waals surface area contributed by atoms with Gasteiger partial charge in [0.25, 0.3) is 5.91 Å². The number of amides is 1. The van der Waals surface area contributed by atoms with Gasteiger partial charge in [0.05, 0.1) is 17.2 Å². The summed E-state index contributed by atoms with van der Waals surface area (Å²) in [7, 11) is 0. The second-order valence-electron chi connectivity index (χ2n) is 5.38. The molecule has 0 unspecified atom stereocenters. The average Bonchev–Trinajstić information content (AvgIpc) is 2.95. The molecule has 0 bridgehead atoms. The van der Waals surface area contributed by atoms with E-state index in [9.17, 15) is 9.18 Å². The van der Waals surface area contributed by atoms with E-state index in [1.807, 2.05) is 24.3 Å². The van der Waals surface area contributed by atoms with E-state index in [-0.39, 0.29) is 11.7 Å². The monoisotopic (exact) mass is 356 g/mol. The van der Waals surface area contributed by atoms with E-state index in [2.05, 4.69) is 17.2 Å². The number of hydrogen-bond donors (Lipinski definition) is 1. The Morgan fingerprint density at radius 3 is 2.56 bits per heavy atom. The lowest BCUT2D eigenvalue weighted by Crippen LogP contribution is -2.19. The van der Waals surface area contributed by atoms with Gasteiger partial charge in [-0.1, -0.05) is 19.1 Å². The first-order valence-corrected chi connectivity index (χ1v) is 8.74. The smallest absolute Gasteiger partial charge is 0.264 e. The summed E-state index contributed by atoms with van der Waals surface area (Å²) in [6.07, 6.45) is 2.76. The Kier molecular flexibility index (Phi) is 5.50. The molecular formula is C19H17FN2O2S. The average molecular weight is 356 g/mol. The molecule has 1 saturated heterocycles. The van der Waals surface area contributed by atoms with Gasteiger partial charge in [-0.15, -0.1) is 0 Å². The minimum atomic E-state index is -0.320. The van der Waals surface area contributed by atoms with Crippen LogP contribution in [0.1, 0.15) is 18.9 Å². The van der Waals surface area contributed by atoms with Crippen LogP contribution in [0.2, 0.25) is 0 Å². The van der Waals surface area contributed by atoms with Crippen LogP contribution in [-0.4, -0.2) is 17.7 Å². The van der Waals surface area contributed by atoms with Crippen LogP contribution < -0.4 is 10.1 Å². The van der Waals surface area contributed by atoms with Gasteiger partial charge in [-0.2, -0.15) is 0 Å². The minimum absolute atomic E-state index is 0.197. The van der Waals surface area contributed by atoms with Crippen LogP contribution in [0.5, 0.6) is 5.75 Å². The van der Waals surface area contributed by atoms with Crippen LogP contribution >= 0.6 is 11.8 Å². The fraction of sp³-hybridized carbons (Fsp3) is 0.158. The molecule has 0 atom stereocenters. The number of carbonyl (C=O) groups excluding carboxylic acids is 1. The van der Waals surface area contributed by atoms with Gasteiger partial charge < -0.3 is 10.1 Å². The number of carbonyl (C=O) groups is 1. The molecule has 3 rings (SSSR count). The Morgan fingerprint density at radius 1 is 1.16 bits per heavy atom. The predicted octanol–water partition coefficient (Wildman–Crippen LogP) is 4.51. The Hall–Kier alpha value is -2.60. The highest BCUT2D eigenvalue weighted by atomic mass is 32.2. The number of ether oxygens (including phenoxy) is 1. The predicted molar refractivity (Wildman–Crippen MR) is 99.4 cm³/mol. The topological polar surface area (TPSA) is 50.7 Å². The van der Waals surface area contributed by atoms with Crippen LogP contribution in [0.3, 0.4) is 0 Å². The number of aliphatic imine (C=N–C) groups is 1. The van der Waals surface area contributed by atoms with Gasteiger partial charge in [0.15, 0.2) is 5.17 Å². The van der Waals surface area contributed by atoms with E-state index in [4.69, 9.17) is 4.74 Å². The zero-order valence-electron chi connectivity index (χ0n) is 13.7. The Labute approximate surface area is 149 Å². The van der Waals surface area contributed by atoms with Gasteiger partial charge in [-0.05, 0) is 66.2 Å². The summed E-state index contributed by atoms with van der Waals surface area (Å²) < 4.78 is 18.5. The molecule has 128 valence electrons. The van der Waals surface area contributed by atoms with Crippen molar-refractivity contribution in [1.82, 2.24) is 5.32 Å². The number of hydrogen-bond acceptors (Lipinski definition) is 4. The van der Waals surface area contributed by atoms with Crippen molar-refractivity contribution >= 4 is 34.6 Å². The Balaban J connectivity index is 1.71. The molecular weight excluding hydrogens is 339 g/mol. The largest absolute Gasteiger partial charge is 0.494 e. The quantitative estimate of drug-likeness (QED) is 0.802. The van der Waals surface area contributed by atoms with Gasteiger partial charge in [0.1, 0.15) is 11.6 Å². The molecule has 4 nitrogen and oxygen atoms in total. The van der Waals surface area contributed by atoms with Crippen LogP contribution in [0.15, 0.2) is 58.4 Å². The highest BCUT2D eigenvalue weighted by Crippen LogP contribution is 2.28. The lowest BCUT2D eigenvalue weighted by molar-refractivity contribution is -0.115. The lowest BCUT2D eigenvalue weighted by atomic mass is 10.2. The van der Waals surface area contributed by atoms with Crippen LogP contribution in [0.25, 0.3) is 6.08 Å². The minimum Gasteiger partial charge on any atom is -0.494 e.